The first-order valence-corrected chi connectivity index (χ1v) is 37.7. The molecule has 0 bridgehead atoms. The molecule has 1 aliphatic rings. The third kappa shape index (κ3) is 8.39. The molecule has 7 aromatic heterocycles. The lowest BCUT2D eigenvalue weighted by Gasteiger charge is -2.23. The lowest BCUT2D eigenvalue weighted by Crippen LogP contribution is -2.15. The van der Waals surface area contributed by atoms with Crippen molar-refractivity contribution < 1.29 is 0 Å². The molecule has 0 aliphatic heterocycles. The highest BCUT2D eigenvalue weighted by Crippen LogP contribution is 2.52. The van der Waals surface area contributed by atoms with E-state index in [0.717, 1.165) is 66.4 Å². The lowest BCUT2D eigenvalue weighted by atomic mass is 9.81. The molecule has 480 valence electrons. The Kier molecular flexibility index (Phi) is 11.9. The van der Waals surface area contributed by atoms with Gasteiger partial charge in [0.2, 0.25) is 5.95 Å². The van der Waals surface area contributed by atoms with Gasteiger partial charge in [0.05, 0.1) is 44.3 Å². The topological polar surface area (TPSA) is 40.6 Å². The Bertz CT molecular complexity index is 7490. The van der Waals surface area contributed by atoms with Crippen LogP contribution >= 0.6 is 34.0 Å². The molecule has 0 radical (unpaired) electrons. The molecule has 0 saturated carbocycles. The number of rotatable bonds is 7. The lowest BCUT2D eigenvalue weighted by molar-refractivity contribution is 0.660. The van der Waals surface area contributed by atoms with Crippen LogP contribution in [0, 0.1) is 0 Å². The Balaban J connectivity index is 0.680. The van der Waals surface area contributed by atoms with E-state index in [-0.39, 0.29) is 5.41 Å². The van der Waals surface area contributed by atoms with Crippen LogP contribution < -0.4 is 0 Å². The molecule has 0 N–H and O–H groups in total. The number of hydrogen-bond acceptors (Lipinski definition) is 5. The van der Waals surface area contributed by atoms with Gasteiger partial charge < -0.3 is 9.13 Å². The normalized spacial score (nSPS) is 13.0. The highest BCUT2D eigenvalue weighted by Gasteiger charge is 2.37. The first kappa shape index (κ1) is 57.5. The van der Waals surface area contributed by atoms with Gasteiger partial charge in [-0.05, 0) is 201 Å². The monoisotopic (exact) mass is 1360 g/mol. The molecule has 0 amide bonds. The van der Waals surface area contributed by atoms with E-state index in [1.807, 2.05) is 34.0 Å². The Hall–Kier alpha value is -12.3. The van der Waals surface area contributed by atoms with Crippen LogP contribution in [0.4, 0.5) is 0 Å². The third-order valence-electron chi connectivity index (χ3n) is 22.5. The molecular weight excluding hydrogens is 1310 g/mol. The third-order valence-corrected chi connectivity index (χ3v) is 25.9. The Morgan fingerprint density at radius 2 is 0.583 bits per heavy atom. The maximum absolute atomic E-state index is 5.90. The highest BCUT2D eigenvalue weighted by atomic mass is 32.1. The fraction of sp³-hybridized carbons (Fsp3) is 0.0316. The summed E-state index contributed by atoms with van der Waals surface area (Å²) in [6.07, 6.45) is 0. The second-order valence-corrected chi connectivity index (χ2v) is 31.6. The Labute approximate surface area is 602 Å². The zero-order valence-corrected chi connectivity index (χ0v) is 58.4. The molecule has 0 saturated heterocycles. The van der Waals surface area contributed by atoms with E-state index in [1.165, 1.54) is 149 Å². The van der Waals surface area contributed by atoms with Gasteiger partial charge in [-0.1, -0.05) is 178 Å². The minimum Gasteiger partial charge on any atom is -0.309 e. The number of benzene rings is 15. The van der Waals surface area contributed by atoms with E-state index in [4.69, 9.17) is 9.97 Å². The van der Waals surface area contributed by atoms with Gasteiger partial charge >= 0.3 is 0 Å². The van der Waals surface area contributed by atoms with Crippen LogP contribution in [0.15, 0.2) is 309 Å². The summed E-state index contributed by atoms with van der Waals surface area (Å²) < 4.78 is 15.1. The molecular formula is C95H57N5S3. The largest absolute Gasteiger partial charge is 0.309 e. The summed E-state index contributed by atoms with van der Waals surface area (Å²) in [5.41, 5.74) is 23.7. The molecule has 0 unspecified atom stereocenters. The molecule has 1 aliphatic carbocycles. The average Bonchev–Trinajstić information content (AvgIpc) is 1.59. The molecule has 22 aromatic rings. The van der Waals surface area contributed by atoms with Gasteiger partial charge in [0.1, 0.15) is 0 Å². The van der Waals surface area contributed by atoms with Crippen molar-refractivity contribution in [3.63, 3.8) is 0 Å². The van der Waals surface area contributed by atoms with Crippen molar-refractivity contribution in [2.24, 2.45) is 0 Å². The minimum absolute atomic E-state index is 0.374. The van der Waals surface area contributed by atoms with E-state index in [1.54, 1.807) is 0 Å². The Morgan fingerprint density at radius 3 is 1.06 bits per heavy atom. The van der Waals surface area contributed by atoms with Crippen molar-refractivity contribution in [2.75, 3.05) is 0 Å². The maximum Gasteiger partial charge on any atom is 0.235 e. The van der Waals surface area contributed by atoms with Crippen molar-refractivity contribution in [1.29, 1.82) is 0 Å². The molecule has 0 atom stereocenters. The van der Waals surface area contributed by atoms with Crippen molar-refractivity contribution in [3.8, 4) is 73.1 Å². The molecule has 103 heavy (non-hydrogen) atoms. The Morgan fingerprint density at radius 1 is 0.243 bits per heavy atom. The molecule has 7 heterocycles. The van der Waals surface area contributed by atoms with Gasteiger partial charge in [-0.25, -0.2) is 9.97 Å². The second kappa shape index (κ2) is 21.4. The SMILES string of the molecule is CC1(C)c2cc(-c3nc(-n4c5ccccc5c5cc(-c6ccc7sc8ccccc8c7c6)ccc54)nc4ccc(-n5c6ccccc6c6cc(-c7ccc8sc9ccccc9c8c7)ccc65)cc34)ccc2-c2ccc(-n3c4ccccc4c4cc(-c5ccc6sc7ccccc7c6c5)ccc43)cc21. The summed E-state index contributed by atoms with van der Waals surface area (Å²) in [4.78, 5) is 11.6. The van der Waals surface area contributed by atoms with Crippen molar-refractivity contribution >= 4 is 171 Å². The maximum atomic E-state index is 5.90. The number of fused-ring (bicyclic) bond motifs is 22. The zero-order chi connectivity index (χ0) is 67.5. The van der Waals surface area contributed by atoms with Gasteiger partial charge in [-0.2, -0.15) is 0 Å². The number of para-hydroxylation sites is 3. The molecule has 0 fully saturated rings. The van der Waals surface area contributed by atoms with Crippen LogP contribution in [0.2, 0.25) is 0 Å². The highest BCUT2D eigenvalue weighted by molar-refractivity contribution is 7.26. The van der Waals surface area contributed by atoms with E-state index in [2.05, 4.69) is 337 Å². The van der Waals surface area contributed by atoms with E-state index < -0.39 is 0 Å². The van der Waals surface area contributed by atoms with Crippen LogP contribution in [-0.4, -0.2) is 23.7 Å². The predicted molar refractivity (Wildman–Crippen MR) is 441 cm³/mol. The summed E-state index contributed by atoms with van der Waals surface area (Å²) in [7, 11) is 0. The van der Waals surface area contributed by atoms with E-state index >= 15 is 0 Å². The smallest absolute Gasteiger partial charge is 0.235 e. The number of hydrogen-bond donors (Lipinski definition) is 0. The van der Waals surface area contributed by atoms with Crippen molar-refractivity contribution in [3.05, 3.63) is 321 Å². The summed E-state index contributed by atoms with van der Waals surface area (Å²) in [5.74, 6) is 0.626. The van der Waals surface area contributed by atoms with Gasteiger partial charge in [0.15, 0.2) is 0 Å². The second-order valence-electron chi connectivity index (χ2n) is 28.4. The van der Waals surface area contributed by atoms with Gasteiger partial charge in [0, 0.05) is 121 Å². The van der Waals surface area contributed by atoms with Crippen LogP contribution in [0.1, 0.15) is 25.0 Å². The van der Waals surface area contributed by atoms with E-state index in [0.29, 0.717) is 5.95 Å². The predicted octanol–water partition coefficient (Wildman–Crippen LogP) is 27.0. The van der Waals surface area contributed by atoms with Crippen molar-refractivity contribution in [1.82, 2.24) is 23.7 Å². The number of thiophene rings is 3. The zero-order valence-electron chi connectivity index (χ0n) is 55.9. The average molecular weight is 1360 g/mol. The molecule has 0 spiro atoms. The summed E-state index contributed by atoms with van der Waals surface area (Å²) >= 11 is 5.58. The van der Waals surface area contributed by atoms with Crippen LogP contribution in [0.5, 0.6) is 0 Å². The fourth-order valence-corrected chi connectivity index (χ4v) is 20.8. The van der Waals surface area contributed by atoms with Gasteiger partial charge in [-0.15, -0.1) is 34.0 Å². The van der Waals surface area contributed by atoms with E-state index in [9.17, 15) is 0 Å². The van der Waals surface area contributed by atoms with Crippen LogP contribution in [-0.2, 0) is 5.41 Å². The fourth-order valence-electron chi connectivity index (χ4n) is 17.5. The van der Waals surface area contributed by atoms with Gasteiger partial charge in [-0.3, -0.25) is 4.57 Å². The first-order chi connectivity index (χ1) is 50.8. The van der Waals surface area contributed by atoms with Crippen LogP contribution in [0.3, 0.4) is 0 Å². The molecule has 5 nitrogen and oxygen atoms in total. The molecule has 15 aromatic carbocycles. The standard InChI is InChI=1S/C95H57N5S3/c1-95(2)78-51-60(27-36-63(78)64-37-34-62(53-79(64)95)99-82-22-10-4-16-66(82)72-46-55(29-40-85(72)99)58-32-43-91-75(49-58)69-19-7-13-25-88(69)102-91)93-77-52-61(98-81-21-9-3-15-65(81)71-45-54(28-39-84(71)98)57-31-42-90-74(48-57)68-18-6-12-24-87(68)101-90)35-38-80(77)96-94(97-93)100-83-23-11-5-17-67(83)73-47-56(30-41-86(73)100)59-33-44-92-76(50-59)70-20-8-14-26-89(70)103-92/h3-53H,1-2H3. The first-order valence-electron chi connectivity index (χ1n) is 35.2. The van der Waals surface area contributed by atoms with Crippen LogP contribution in [0.25, 0.3) is 210 Å². The summed E-state index contributed by atoms with van der Waals surface area (Å²) in [6, 6.07) is 116. The quantitative estimate of drug-likeness (QED) is 0.160. The minimum atomic E-state index is -0.374. The van der Waals surface area contributed by atoms with Crippen molar-refractivity contribution in [2.45, 2.75) is 19.3 Å². The molecule has 8 heteroatoms. The number of nitrogens with zero attached hydrogens (tertiary/aromatic N) is 5. The molecule has 23 rings (SSSR count). The summed E-state index contributed by atoms with van der Waals surface area (Å²) in [5, 5.41) is 16.0. The summed E-state index contributed by atoms with van der Waals surface area (Å²) in [6.45, 7) is 4.81. The van der Waals surface area contributed by atoms with Gasteiger partial charge in [0.25, 0.3) is 0 Å². The number of aromatic nitrogens is 5.